The standard InChI is InChI=1S/C16H20FN3O/c1-3-8-20(10-13-6-4-5-7-15(13)17)11-14-9-16(21)19-12(2)18-14/h4-7,9H,3,8,10-11H2,1-2H3,(H,18,19,21). The van der Waals surface area contributed by atoms with E-state index in [0.717, 1.165) is 13.0 Å². The first-order valence-electron chi connectivity index (χ1n) is 7.11. The SMILES string of the molecule is CCCN(Cc1cc(=O)[nH]c(C)n1)Cc1ccccc1F. The van der Waals surface area contributed by atoms with E-state index in [1.165, 1.54) is 12.1 Å². The highest BCUT2D eigenvalue weighted by atomic mass is 19.1. The number of aromatic nitrogens is 2. The van der Waals surface area contributed by atoms with Crippen molar-refractivity contribution < 1.29 is 4.39 Å². The van der Waals surface area contributed by atoms with Crippen LogP contribution in [0.25, 0.3) is 0 Å². The second-order valence-electron chi connectivity index (χ2n) is 5.12. The van der Waals surface area contributed by atoms with Gasteiger partial charge in [-0.15, -0.1) is 0 Å². The monoisotopic (exact) mass is 289 g/mol. The van der Waals surface area contributed by atoms with Gasteiger partial charge in [0, 0.05) is 24.7 Å². The first-order valence-corrected chi connectivity index (χ1v) is 7.11. The summed E-state index contributed by atoms with van der Waals surface area (Å²) in [5.41, 5.74) is 1.22. The number of nitrogens with one attached hydrogen (secondary N) is 1. The van der Waals surface area contributed by atoms with Gasteiger partial charge in [0.05, 0.1) is 5.69 Å². The molecular formula is C16H20FN3O. The van der Waals surface area contributed by atoms with Gasteiger partial charge in [0.15, 0.2) is 0 Å². The number of benzene rings is 1. The van der Waals surface area contributed by atoms with Gasteiger partial charge in [-0.05, 0) is 26.0 Å². The normalized spacial score (nSPS) is 11.0. The van der Waals surface area contributed by atoms with Crippen molar-refractivity contribution >= 4 is 0 Å². The van der Waals surface area contributed by atoms with Crippen LogP contribution < -0.4 is 5.56 Å². The fourth-order valence-electron chi connectivity index (χ4n) is 2.35. The van der Waals surface area contributed by atoms with Crippen LogP contribution in [0, 0.1) is 12.7 Å². The number of nitrogens with zero attached hydrogens (tertiary/aromatic N) is 2. The third-order valence-corrected chi connectivity index (χ3v) is 3.19. The Labute approximate surface area is 123 Å². The minimum atomic E-state index is -0.200. The molecule has 0 aliphatic heterocycles. The molecular weight excluding hydrogens is 269 g/mol. The van der Waals surface area contributed by atoms with Gasteiger partial charge in [0.25, 0.3) is 5.56 Å². The Hall–Kier alpha value is -2.01. The van der Waals surface area contributed by atoms with Crippen molar-refractivity contribution in [2.45, 2.75) is 33.4 Å². The van der Waals surface area contributed by atoms with E-state index < -0.39 is 0 Å². The molecule has 0 spiro atoms. The van der Waals surface area contributed by atoms with Gasteiger partial charge in [0.2, 0.25) is 0 Å². The lowest BCUT2D eigenvalue weighted by atomic mass is 10.2. The summed E-state index contributed by atoms with van der Waals surface area (Å²) < 4.78 is 13.8. The molecule has 1 aromatic heterocycles. The molecule has 21 heavy (non-hydrogen) atoms. The van der Waals surface area contributed by atoms with Crippen molar-refractivity contribution in [3.8, 4) is 0 Å². The summed E-state index contributed by atoms with van der Waals surface area (Å²) in [5.74, 6) is 0.397. The summed E-state index contributed by atoms with van der Waals surface area (Å²) in [5, 5.41) is 0. The highest BCUT2D eigenvalue weighted by molar-refractivity contribution is 5.17. The fourth-order valence-corrected chi connectivity index (χ4v) is 2.35. The molecule has 5 heteroatoms. The average Bonchev–Trinajstić information content (AvgIpc) is 2.40. The Morgan fingerprint density at radius 1 is 1.29 bits per heavy atom. The summed E-state index contributed by atoms with van der Waals surface area (Å²) in [6, 6.07) is 8.27. The van der Waals surface area contributed by atoms with Crippen molar-refractivity contribution in [3.63, 3.8) is 0 Å². The van der Waals surface area contributed by atoms with Gasteiger partial charge in [-0.1, -0.05) is 25.1 Å². The average molecular weight is 289 g/mol. The van der Waals surface area contributed by atoms with Crippen LogP contribution in [-0.4, -0.2) is 21.4 Å². The van der Waals surface area contributed by atoms with Crippen LogP contribution in [-0.2, 0) is 13.1 Å². The molecule has 0 radical (unpaired) electrons. The molecule has 0 bridgehead atoms. The zero-order valence-corrected chi connectivity index (χ0v) is 12.4. The number of rotatable bonds is 6. The summed E-state index contributed by atoms with van der Waals surface area (Å²) in [4.78, 5) is 20.5. The summed E-state index contributed by atoms with van der Waals surface area (Å²) in [7, 11) is 0. The highest BCUT2D eigenvalue weighted by Crippen LogP contribution is 2.12. The van der Waals surface area contributed by atoms with Crippen molar-refractivity contribution in [1.82, 2.24) is 14.9 Å². The van der Waals surface area contributed by atoms with Crippen molar-refractivity contribution in [2.75, 3.05) is 6.54 Å². The van der Waals surface area contributed by atoms with E-state index in [0.29, 0.717) is 30.2 Å². The molecule has 0 saturated heterocycles. The molecule has 0 saturated carbocycles. The molecule has 2 aromatic rings. The first-order chi connectivity index (χ1) is 10.1. The minimum absolute atomic E-state index is 0.153. The van der Waals surface area contributed by atoms with E-state index >= 15 is 0 Å². The Balaban J connectivity index is 2.15. The molecule has 1 N–H and O–H groups in total. The van der Waals surface area contributed by atoms with Crippen LogP contribution in [0.1, 0.15) is 30.4 Å². The molecule has 2 rings (SSSR count). The predicted molar refractivity (Wildman–Crippen MR) is 80.4 cm³/mol. The van der Waals surface area contributed by atoms with Crippen LogP contribution in [0.4, 0.5) is 4.39 Å². The minimum Gasteiger partial charge on any atom is -0.311 e. The predicted octanol–water partition coefficient (Wildman–Crippen LogP) is 2.63. The molecule has 1 aromatic carbocycles. The maximum atomic E-state index is 13.8. The molecule has 0 aliphatic carbocycles. The number of halogens is 1. The Bertz CT molecular complexity index is 654. The Kier molecular flexibility index (Phi) is 5.22. The largest absolute Gasteiger partial charge is 0.311 e. The van der Waals surface area contributed by atoms with Crippen molar-refractivity contribution in [2.24, 2.45) is 0 Å². The van der Waals surface area contributed by atoms with E-state index in [9.17, 15) is 9.18 Å². The molecule has 4 nitrogen and oxygen atoms in total. The molecule has 1 heterocycles. The maximum Gasteiger partial charge on any atom is 0.251 e. The quantitative estimate of drug-likeness (QED) is 0.889. The van der Waals surface area contributed by atoms with E-state index in [2.05, 4.69) is 21.8 Å². The Morgan fingerprint density at radius 3 is 2.71 bits per heavy atom. The number of hydrogen-bond acceptors (Lipinski definition) is 3. The molecule has 0 amide bonds. The van der Waals surface area contributed by atoms with Gasteiger partial charge >= 0.3 is 0 Å². The fraction of sp³-hybridized carbons (Fsp3) is 0.375. The summed E-state index contributed by atoms with van der Waals surface area (Å²) >= 11 is 0. The smallest absolute Gasteiger partial charge is 0.251 e. The first kappa shape index (κ1) is 15.4. The third-order valence-electron chi connectivity index (χ3n) is 3.19. The molecule has 0 atom stereocenters. The Morgan fingerprint density at radius 2 is 2.05 bits per heavy atom. The van der Waals surface area contributed by atoms with Gasteiger partial charge in [-0.2, -0.15) is 0 Å². The lowest BCUT2D eigenvalue weighted by Gasteiger charge is -2.21. The molecule has 0 unspecified atom stereocenters. The van der Waals surface area contributed by atoms with E-state index in [1.54, 1.807) is 19.1 Å². The second kappa shape index (κ2) is 7.13. The molecule has 112 valence electrons. The van der Waals surface area contributed by atoms with Crippen molar-refractivity contribution in [1.29, 1.82) is 0 Å². The molecule has 0 fully saturated rings. The maximum absolute atomic E-state index is 13.8. The lowest BCUT2D eigenvalue weighted by molar-refractivity contribution is 0.250. The summed E-state index contributed by atoms with van der Waals surface area (Å²) in [6.45, 7) is 5.69. The van der Waals surface area contributed by atoms with Crippen LogP contribution in [0.5, 0.6) is 0 Å². The van der Waals surface area contributed by atoms with Crippen LogP contribution >= 0.6 is 0 Å². The van der Waals surface area contributed by atoms with Gasteiger partial charge < -0.3 is 4.98 Å². The number of hydrogen-bond donors (Lipinski definition) is 1. The zero-order chi connectivity index (χ0) is 15.2. The third kappa shape index (κ3) is 4.49. The number of aryl methyl sites for hydroxylation is 1. The van der Waals surface area contributed by atoms with E-state index in [-0.39, 0.29) is 11.4 Å². The van der Waals surface area contributed by atoms with E-state index in [4.69, 9.17) is 0 Å². The molecule has 0 aliphatic rings. The van der Waals surface area contributed by atoms with Crippen LogP contribution in [0.15, 0.2) is 35.1 Å². The highest BCUT2D eigenvalue weighted by Gasteiger charge is 2.10. The van der Waals surface area contributed by atoms with E-state index in [1.807, 2.05) is 6.07 Å². The van der Waals surface area contributed by atoms with Crippen molar-refractivity contribution in [3.05, 3.63) is 63.6 Å². The lowest BCUT2D eigenvalue weighted by Crippen LogP contribution is -2.26. The van der Waals surface area contributed by atoms with Gasteiger partial charge in [-0.3, -0.25) is 9.69 Å². The van der Waals surface area contributed by atoms with Gasteiger partial charge in [0.1, 0.15) is 11.6 Å². The number of H-pyrrole nitrogens is 1. The zero-order valence-electron chi connectivity index (χ0n) is 12.4. The number of aromatic amines is 1. The topological polar surface area (TPSA) is 49.0 Å². The van der Waals surface area contributed by atoms with Crippen LogP contribution in [0.3, 0.4) is 0 Å². The second-order valence-corrected chi connectivity index (χ2v) is 5.12. The summed E-state index contributed by atoms with van der Waals surface area (Å²) in [6.07, 6.45) is 0.955. The van der Waals surface area contributed by atoms with Crippen LogP contribution in [0.2, 0.25) is 0 Å². The van der Waals surface area contributed by atoms with Gasteiger partial charge in [-0.25, -0.2) is 9.37 Å².